The molecule has 2 aliphatic rings. The lowest BCUT2D eigenvalue weighted by Gasteiger charge is -2.44. The maximum absolute atomic E-state index is 6.19. The van der Waals surface area contributed by atoms with Crippen LogP contribution >= 0.6 is 11.8 Å². The zero-order chi connectivity index (χ0) is 14.7. The first kappa shape index (κ1) is 15.4. The summed E-state index contributed by atoms with van der Waals surface area (Å²) in [6.45, 7) is 5.37. The smallest absolute Gasteiger partial charge is 0.0713 e. The molecule has 3 heteroatoms. The Labute approximate surface area is 133 Å². The van der Waals surface area contributed by atoms with Crippen molar-refractivity contribution in [1.29, 1.82) is 0 Å². The normalized spacial score (nSPS) is 26.7. The summed E-state index contributed by atoms with van der Waals surface area (Å²) in [7, 11) is 0. The molecule has 0 aliphatic carbocycles. The summed E-state index contributed by atoms with van der Waals surface area (Å²) in [6, 6.07) is 9.87. The van der Waals surface area contributed by atoms with Crippen LogP contribution in [-0.4, -0.2) is 29.8 Å². The largest absolute Gasteiger partial charge is 0.375 e. The van der Waals surface area contributed by atoms with Crippen molar-refractivity contribution < 1.29 is 4.74 Å². The number of hydrogen-bond acceptors (Lipinski definition) is 3. The minimum atomic E-state index is 0.174. The van der Waals surface area contributed by atoms with Gasteiger partial charge in [0.05, 0.1) is 5.60 Å². The fraction of sp³-hybridized carbons (Fsp3) is 0.667. The summed E-state index contributed by atoms with van der Waals surface area (Å²) in [4.78, 5) is 0. The summed E-state index contributed by atoms with van der Waals surface area (Å²) in [6.07, 6.45) is 4.79. The van der Waals surface area contributed by atoms with Gasteiger partial charge in [0.25, 0.3) is 0 Å². The summed E-state index contributed by atoms with van der Waals surface area (Å²) in [5.41, 5.74) is 2.91. The molecule has 2 heterocycles. The van der Waals surface area contributed by atoms with E-state index in [1.807, 2.05) is 0 Å². The number of aryl methyl sites for hydroxylation is 1. The molecule has 2 atom stereocenters. The van der Waals surface area contributed by atoms with E-state index in [1.165, 1.54) is 41.9 Å². The van der Waals surface area contributed by atoms with Gasteiger partial charge in [0.15, 0.2) is 0 Å². The van der Waals surface area contributed by atoms with Crippen LogP contribution in [0.1, 0.15) is 49.8 Å². The van der Waals surface area contributed by atoms with Gasteiger partial charge in [-0.1, -0.05) is 29.8 Å². The molecule has 1 aromatic carbocycles. The molecule has 0 bridgehead atoms. The molecule has 116 valence electrons. The van der Waals surface area contributed by atoms with Gasteiger partial charge in [-0.25, -0.2) is 0 Å². The van der Waals surface area contributed by atoms with Crippen molar-refractivity contribution in [3.8, 4) is 0 Å². The first-order valence-corrected chi connectivity index (χ1v) is 9.37. The third-order valence-electron chi connectivity index (χ3n) is 4.92. The van der Waals surface area contributed by atoms with Crippen LogP contribution in [0.2, 0.25) is 0 Å². The SMILES string of the molecule is Cc1cccc([C@@H](C)NC2CCOC3(CCSCC3)C2)c1. The Balaban J connectivity index is 1.61. The molecule has 21 heavy (non-hydrogen) atoms. The van der Waals surface area contributed by atoms with E-state index in [4.69, 9.17) is 4.74 Å². The van der Waals surface area contributed by atoms with Crippen molar-refractivity contribution in [2.45, 2.75) is 57.2 Å². The molecule has 0 saturated carbocycles. The Bertz CT molecular complexity index is 465. The molecular weight excluding hydrogens is 278 g/mol. The van der Waals surface area contributed by atoms with Gasteiger partial charge in [0, 0.05) is 18.7 Å². The van der Waals surface area contributed by atoms with E-state index in [0.29, 0.717) is 12.1 Å². The number of hydrogen-bond donors (Lipinski definition) is 1. The molecule has 2 fully saturated rings. The van der Waals surface area contributed by atoms with Crippen LogP contribution in [0.15, 0.2) is 24.3 Å². The molecule has 2 nitrogen and oxygen atoms in total. The third kappa shape index (κ3) is 3.82. The maximum Gasteiger partial charge on any atom is 0.0713 e. The summed E-state index contributed by atoms with van der Waals surface area (Å²) < 4.78 is 6.19. The number of nitrogens with one attached hydrogen (secondary N) is 1. The second kappa shape index (κ2) is 6.72. The highest BCUT2D eigenvalue weighted by atomic mass is 32.2. The molecule has 0 amide bonds. The van der Waals surface area contributed by atoms with Gasteiger partial charge in [0.1, 0.15) is 0 Å². The highest BCUT2D eigenvalue weighted by Gasteiger charge is 2.38. The summed E-state index contributed by atoms with van der Waals surface area (Å²) in [5, 5.41) is 3.85. The average Bonchev–Trinajstić information content (AvgIpc) is 2.48. The van der Waals surface area contributed by atoms with Crippen LogP contribution in [0.25, 0.3) is 0 Å². The molecule has 2 aliphatic heterocycles. The van der Waals surface area contributed by atoms with Crippen LogP contribution in [0, 0.1) is 6.92 Å². The van der Waals surface area contributed by atoms with E-state index in [-0.39, 0.29) is 5.60 Å². The van der Waals surface area contributed by atoms with E-state index in [1.54, 1.807) is 0 Å². The Hall–Kier alpha value is -0.510. The fourth-order valence-corrected chi connectivity index (χ4v) is 4.89. The van der Waals surface area contributed by atoms with Crippen molar-refractivity contribution >= 4 is 11.8 Å². The number of rotatable bonds is 3. The lowest BCUT2D eigenvalue weighted by Crippen LogP contribution is -2.49. The maximum atomic E-state index is 6.19. The fourth-order valence-electron chi connectivity index (χ4n) is 3.65. The van der Waals surface area contributed by atoms with E-state index < -0.39 is 0 Å². The lowest BCUT2D eigenvalue weighted by molar-refractivity contribution is -0.0940. The summed E-state index contributed by atoms with van der Waals surface area (Å²) >= 11 is 2.08. The van der Waals surface area contributed by atoms with Gasteiger partial charge in [-0.05, 0) is 56.6 Å². The Morgan fingerprint density at radius 2 is 2.14 bits per heavy atom. The Morgan fingerprint density at radius 3 is 2.90 bits per heavy atom. The topological polar surface area (TPSA) is 21.3 Å². The Kier molecular flexibility index (Phi) is 4.92. The number of thioether (sulfide) groups is 1. The quantitative estimate of drug-likeness (QED) is 0.909. The Morgan fingerprint density at radius 1 is 1.33 bits per heavy atom. The van der Waals surface area contributed by atoms with Crippen LogP contribution in [0.4, 0.5) is 0 Å². The highest BCUT2D eigenvalue weighted by molar-refractivity contribution is 7.99. The molecule has 0 radical (unpaired) electrons. The lowest BCUT2D eigenvalue weighted by atomic mass is 9.85. The van der Waals surface area contributed by atoms with Gasteiger partial charge in [-0.3, -0.25) is 0 Å². The van der Waals surface area contributed by atoms with E-state index in [0.717, 1.165) is 13.0 Å². The summed E-state index contributed by atoms with van der Waals surface area (Å²) in [5.74, 6) is 2.53. The zero-order valence-corrected chi connectivity index (χ0v) is 14.0. The van der Waals surface area contributed by atoms with Crippen LogP contribution in [0.3, 0.4) is 0 Å². The van der Waals surface area contributed by atoms with Gasteiger partial charge in [-0.15, -0.1) is 0 Å². The molecule has 2 saturated heterocycles. The number of benzene rings is 1. The van der Waals surface area contributed by atoms with Gasteiger partial charge < -0.3 is 10.1 Å². The molecule has 1 unspecified atom stereocenters. The van der Waals surface area contributed by atoms with Crippen LogP contribution in [-0.2, 0) is 4.74 Å². The van der Waals surface area contributed by atoms with Gasteiger partial charge in [-0.2, -0.15) is 11.8 Å². The van der Waals surface area contributed by atoms with Gasteiger partial charge >= 0.3 is 0 Å². The first-order chi connectivity index (χ1) is 10.2. The second-order valence-corrected chi connectivity index (χ2v) is 7.86. The molecule has 3 rings (SSSR count). The molecular formula is C18H27NOS. The first-order valence-electron chi connectivity index (χ1n) is 8.21. The average molecular weight is 305 g/mol. The van der Waals surface area contributed by atoms with Gasteiger partial charge in [0.2, 0.25) is 0 Å². The molecule has 1 N–H and O–H groups in total. The zero-order valence-electron chi connectivity index (χ0n) is 13.2. The predicted octanol–water partition coefficient (Wildman–Crippen LogP) is 4.09. The minimum Gasteiger partial charge on any atom is -0.375 e. The van der Waals surface area contributed by atoms with Crippen molar-refractivity contribution in [2.75, 3.05) is 18.1 Å². The van der Waals surface area contributed by atoms with Crippen molar-refractivity contribution in [1.82, 2.24) is 5.32 Å². The number of ether oxygens (including phenoxy) is 1. The third-order valence-corrected chi connectivity index (χ3v) is 5.91. The predicted molar refractivity (Wildman–Crippen MR) is 91.0 cm³/mol. The van der Waals surface area contributed by atoms with Crippen molar-refractivity contribution in [3.05, 3.63) is 35.4 Å². The van der Waals surface area contributed by atoms with Crippen LogP contribution in [0.5, 0.6) is 0 Å². The van der Waals surface area contributed by atoms with Crippen molar-refractivity contribution in [3.63, 3.8) is 0 Å². The van der Waals surface area contributed by atoms with E-state index in [9.17, 15) is 0 Å². The monoisotopic (exact) mass is 305 g/mol. The molecule has 0 aromatic heterocycles. The molecule has 1 spiro atoms. The van der Waals surface area contributed by atoms with E-state index >= 15 is 0 Å². The minimum absolute atomic E-state index is 0.174. The van der Waals surface area contributed by atoms with Crippen molar-refractivity contribution in [2.24, 2.45) is 0 Å². The van der Waals surface area contributed by atoms with Crippen LogP contribution < -0.4 is 5.32 Å². The second-order valence-electron chi connectivity index (χ2n) is 6.64. The van der Waals surface area contributed by atoms with E-state index in [2.05, 4.69) is 55.2 Å². The highest BCUT2D eigenvalue weighted by Crippen LogP contribution is 2.38. The standard InChI is InChI=1S/C18H27NOS/c1-14-4-3-5-16(12-14)15(2)19-17-6-9-20-18(13-17)7-10-21-11-8-18/h3-5,12,15,17,19H,6-11,13H2,1-2H3/t15-,17?/m1/s1. The molecule has 1 aromatic rings.